The van der Waals surface area contributed by atoms with E-state index in [-0.39, 0.29) is 31.1 Å². The van der Waals surface area contributed by atoms with E-state index in [4.69, 9.17) is 0 Å². The Hall–Kier alpha value is -1.61. The largest absolute Gasteiger partial charge is 0.313 e. The fourth-order valence-electron chi connectivity index (χ4n) is 2.92. The van der Waals surface area contributed by atoms with Crippen LogP contribution in [-0.4, -0.2) is 32.4 Å². The Bertz CT molecular complexity index is 909. The van der Waals surface area contributed by atoms with Crippen molar-refractivity contribution in [1.82, 2.24) is 9.62 Å². The topological polar surface area (TPSA) is 49.4 Å². The number of nitrogens with one attached hydrogen (secondary N) is 1. The van der Waals surface area contributed by atoms with E-state index in [0.29, 0.717) is 18.2 Å². The molecule has 0 radical (unpaired) electrons. The van der Waals surface area contributed by atoms with Crippen molar-refractivity contribution in [2.45, 2.75) is 17.9 Å². The second-order valence-electron chi connectivity index (χ2n) is 5.92. The van der Waals surface area contributed by atoms with E-state index in [1.807, 2.05) is 0 Å². The molecule has 1 saturated heterocycles. The van der Waals surface area contributed by atoms with Crippen LogP contribution in [-0.2, 0) is 10.0 Å². The molecule has 9 heteroatoms. The average molecular weight is 407 g/mol. The van der Waals surface area contributed by atoms with Gasteiger partial charge in [0.2, 0.25) is 10.0 Å². The highest BCUT2D eigenvalue weighted by Crippen LogP contribution is 2.31. The van der Waals surface area contributed by atoms with E-state index in [2.05, 4.69) is 5.32 Å². The summed E-state index contributed by atoms with van der Waals surface area (Å²) in [4.78, 5) is -0.709. The van der Waals surface area contributed by atoms with Gasteiger partial charge >= 0.3 is 0 Å². The maximum absolute atomic E-state index is 14.2. The molecule has 3 rings (SSSR count). The Kier molecular flexibility index (Phi) is 6.33. The van der Waals surface area contributed by atoms with Gasteiger partial charge < -0.3 is 5.32 Å². The summed E-state index contributed by atoms with van der Waals surface area (Å²) >= 11 is 0. The summed E-state index contributed by atoms with van der Waals surface area (Å²) in [6, 6.07) is 6.44. The van der Waals surface area contributed by atoms with Gasteiger partial charge in [-0.1, -0.05) is 12.1 Å². The normalized spacial score (nSPS) is 18.4. The molecule has 2 aromatic carbocycles. The SMILES string of the molecule is Cc1cc(F)c(S(=O)(=O)N2CCNCC2c2cccc(F)c2)cc1F.Cl. The zero-order valence-electron chi connectivity index (χ0n) is 13.9. The minimum Gasteiger partial charge on any atom is -0.313 e. The summed E-state index contributed by atoms with van der Waals surface area (Å²) in [5.74, 6) is -2.29. The molecule has 1 heterocycles. The fourth-order valence-corrected chi connectivity index (χ4v) is 4.60. The molecule has 1 atom stereocenters. The second-order valence-corrected chi connectivity index (χ2v) is 7.78. The van der Waals surface area contributed by atoms with Crippen LogP contribution in [0.5, 0.6) is 0 Å². The van der Waals surface area contributed by atoms with Gasteiger partial charge in [0, 0.05) is 19.6 Å². The summed E-state index contributed by atoms with van der Waals surface area (Å²) < 4.78 is 68.5. The number of sulfonamides is 1. The minimum atomic E-state index is -4.29. The van der Waals surface area contributed by atoms with Gasteiger partial charge in [0.05, 0.1) is 6.04 Å². The van der Waals surface area contributed by atoms with Crippen LogP contribution >= 0.6 is 12.4 Å². The maximum atomic E-state index is 14.2. The number of rotatable bonds is 3. The van der Waals surface area contributed by atoms with Crippen molar-refractivity contribution in [3.8, 4) is 0 Å². The van der Waals surface area contributed by atoms with Gasteiger partial charge in [-0.2, -0.15) is 4.31 Å². The average Bonchev–Trinajstić information content (AvgIpc) is 2.58. The van der Waals surface area contributed by atoms with E-state index in [9.17, 15) is 21.6 Å². The predicted molar refractivity (Wildman–Crippen MR) is 94.2 cm³/mol. The van der Waals surface area contributed by atoms with Crippen LogP contribution in [0.4, 0.5) is 13.2 Å². The van der Waals surface area contributed by atoms with Gasteiger partial charge in [-0.05, 0) is 42.3 Å². The molecule has 4 nitrogen and oxygen atoms in total. The Morgan fingerprint density at radius 1 is 1.12 bits per heavy atom. The van der Waals surface area contributed by atoms with Gasteiger partial charge in [-0.3, -0.25) is 0 Å². The summed E-state index contributed by atoms with van der Waals surface area (Å²) in [6.07, 6.45) is 0. The molecule has 1 unspecified atom stereocenters. The van der Waals surface area contributed by atoms with Crippen LogP contribution < -0.4 is 5.32 Å². The number of halogens is 4. The summed E-state index contributed by atoms with van der Waals surface area (Å²) in [6.45, 7) is 2.03. The molecule has 0 bridgehead atoms. The predicted octanol–water partition coefficient (Wildman–Crippen LogP) is 3.17. The molecule has 0 spiro atoms. The molecule has 2 aromatic rings. The van der Waals surface area contributed by atoms with E-state index >= 15 is 0 Å². The summed E-state index contributed by atoms with van der Waals surface area (Å²) in [5, 5.41) is 3.05. The third-order valence-corrected chi connectivity index (χ3v) is 6.15. The summed E-state index contributed by atoms with van der Waals surface area (Å²) in [7, 11) is -4.29. The van der Waals surface area contributed by atoms with Crippen LogP contribution in [0.15, 0.2) is 41.3 Å². The molecule has 0 aromatic heterocycles. The zero-order valence-corrected chi connectivity index (χ0v) is 15.5. The van der Waals surface area contributed by atoms with E-state index in [0.717, 1.165) is 10.4 Å². The van der Waals surface area contributed by atoms with Crippen molar-refractivity contribution in [3.63, 3.8) is 0 Å². The number of hydrogen-bond donors (Lipinski definition) is 1. The van der Waals surface area contributed by atoms with E-state index < -0.39 is 38.4 Å². The van der Waals surface area contributed by atoms with Crippen LogP contribution in [0.2, 0.25) is 0 Å². The first-order valence-electron chi connectivity index (χ1n) is 7.74. The Labute approximate surface area is 156 Å². The Balaban J connectivity index is 0.00000243. The van der Waals surface area contributed by atoms with Crippen LogP contribution in [0, 0.1) is 24.4 Å². The lowest BCUT2D eigenvalue weighted by molar-refractivity contribution is 0.270. The summed E-state index contributed by atoms with van der Waals surface area (Å²) in [5.41, 5.74) is 0.474. The molecule has 1 fully saturated rings. The third-order valence-electron chi connectivity index (χ3n) is 4.23. The van der Waals surface area contributed by atoms with Crippen molar-refractivity contribution in [1.29, 1.82) is 0 Å². The molecule has 142 valence electrons. The molecule has 1 aliphatic heterocycles. The number of piperazine rings is 1. The van der Waals surface area contributed by atoms with E-state index in [1.54, 1.807) is 6.07 Å². The number of aryl methyl sites for hydroxylation is 1. The van der Waals surface area contributed by atoms with Crippen LogP contribution in [0.25, 0.3) is 0 Å². The molecule has 1 N–H and O–H groups in total. The highest BCUT2D eigenvalue weighted by Gasteiger charge is 2.36. The third kappa shape index (κ3) is 3.88. The standard InChI is InChI=1S/C17H17F3N2O2S.ClH/c1-11-7-15(20)17(9-14(11)19)25(23,24)22-6-5-21-10-16(22)12-3-2-4-13(18)8-12;/h2-4,7-9,16,21H,5-6,10H2,1H3;1H. The smallest absolute Gasteiger partial charge is 0.246 e. The van der Waals surface area contributed by atoms with Crippen LogP contribution in [0.1, 0.15) is 17.2 Å². The monoisotopic (exact) mass is 406 g/mol. The van der Waals surface area contributed by atoms with Gasteiger partial charge in [-0.25, -0.2) is 21.6 Å². The molecule has 1 aliphatic rings. The first kappa shape index (κ1) is 20.7. The molecule has 0 aliphatic carbocycles. The van der Waals surface area contributed by atoms with Crippen molar-refractivity contribution in [3.05, 3.63) is 65.0 Å². The first-order valence-corrected chi connectivity index (χ1v) is 9.18. The Morgan fingerprint density at radius 3 is 2.54 bits per heavy atom. The van der Waals surface area contributed by atoms with Gasteiger partial charge in [0.1, 0.15) is 22.3 Å². The van der Waals surface area contributed by atoms with Gasteiger partial charge in [0.15, 0.2) is 0 Å². The quantitative estimate of drug-likeness (QED) is 0.851. The number of benzene rings is 2. The molecular formula is C17H18ClF3N2O2S. The molecule has 0 amide bonds. The minimum absolute atomic E-state index is 0. The first-order chi connectivity index (χ1) is 11.8. The van der Waals surface area contributed by atoms with Crippen molar-refractivity contribution >= 4 is 22.4 Å². The van der Waals surface area contributed by atoms with Gasteiger partial charge in [0.25, 0.3) is 0 Å². The zero-order chi connectivity index (χ0) is 18.2. The number of nitrogens with zero attached hydrogens (tertiary/aromatic N) is 1. The number of hydrogen-bond acceptors (Lipinski definition) is 3. The molecule has 26 heavy (non-hydrogen) atoms. The van der Waals surface area contributed by atoms with Crippen molar-refractivity contribution in [2.24, 2.45) is 0 Å². The van der Waals surface area contributed by atoms with Crippen molar-refractivity contribution < 1.29 is 21.6 Å². The second kappa shape index (κ2) is 7.96. The van der Waals surface area contributed by atoms with E-state index in [1.165, 1.54) is 25.1 Å². The van der Waals surface area contributed by atoms with Crippen LogP contribution in [0.3, 0.4) is 0 Å². The Morgan fingerprint density at radius 2 is 1.85 bits per heavy atom. The van der Waals surface area contributed by atoms with Crippen molar-refractivity contribution in [2.75, 3.05) is 19.6 Å². The maximum Gasteiger partial charge on any atom is 0.246 e. The lowest BCUT2D eigenvalue weighted by Gasteiger charge is -2.35. The fraction of sp³-hybridized carbons (Fsp3) is 0.294. The molecular weight excluding hydrogens is 389 g/mol. The highest BCUT2D eigenvalue weighted by atomic mass is 35.5. The molecule has 0 saturated carbocycles. The lowest BCUT2D eigenvalue weighted by atomic mass is 10.1. The van der Waals surface area contributed by atoms with Gasteiger partial charge in [-0.15, -0.1) is 12.4 Å². The highest BCUT2D eigenvalue weighted by molar-refractivity contribution is 7.89. The lowest BCUT2D eigenvalue weighted by Crippen LogP contribution is -2.48.